The summed E-state index contributed by atoms with van der Waals surface area (Å²) in [6.45, 7) is 2.79. The van der Waals surface area contributed by atoms with E-state index in [4.69, 9.17) is 4.98 Å². The maximum absolute atomic E-state index is 14.5. The zero-order valence-electron chi connectivity index (χ0n) is 25.9. The Labute approximate surface area is 277 Å². The molecule has 2 amide bonds. The normalized spacial score (nSPS) is 18.4. The highest BCUT2D eigenvalue weighted by molar-refractivity contribution is 8.32. The molecule has 4 heterocycles. The highest BCUT2D eigenvalue weighted by Crippen LogP contribution is 2.59. The number of benzene rings is 3. The number of anilines is 4. The third kappa shape index (κ3) is 5.59. The van der Waals surface area contributed by atoms with Gasteiger partial charge < -0.3 is 15.1 Å². The van der Waals surface area contributed by atoms with Gasteiger partial charge in [0.1, 0.15) is 17.3 Å². The first-order valence-electron chi connectivity index (χ1n) is 15.3. The number of fused-ring (bicyclic) bond motifs is 4. The van der Waals surface area contributed by atoms with Gasteiger partial charge in [0, 0.05) is 34.2 Å². The van der Waals surface area contributed by atoms with E-state index in [1.54, 1.807) is 30.0 Å². The summed E-state index contributed by atoms with van der Waals surface area (Å²) >= 11 is 1.34. The van der Waals surface area contributed by atoms with Gasteiger partial charge in [-0.3, -0.25) is 9.59 Å². The second-order valence-corrected chi connectivity index (χ2v) is 15.9. The molecule has 8 nitrogen and oxygen atoms in total. The van der Waals surface area contributed by atoms with Crippen LogP contribution in [0.5, 0.6) is 0 Å². The molecular weight excluding hydrogens is 634 g/mol. The summed E-state index contributed by atoms with van der Waals surface area (Å²) in [5.74, 6) is 0.259. The van der Waals surface area contributed by atoms with Gasteiger partial charge in [0.05, 0.1) is 21.9 Å². The van der Waals surface area contributed by atoms with Crippen molar-refractivity contribution in [1.29, 1.82) is 0 Å². The van der Waals surface area contributed by atoms with Crippen LogP contribution in [0.2, 0.25) is 0 Å². The highest BCUT2D eigenvalue weighted by Gasteiger charge is 2.32. The number of hydrogen-bond acceptors (Lipinski definition) is 7. The predicted octanol–water partition coefficient (Wildman–Crippen LogP) is 8.73. The van der Waals surface area contributed by atoms with E-state index in [9.17, 15) is 18.9 Å². The predicted molar refractivity (Wildman–Crippen MR) is 189 cm³/mol. The number of halogens is 1. The summed E-state index contributed by atoms with van der Waals surface area (Å²) in [6.07, 6.45) is 3.25. The lowest BCUT2D eigenvalue weighted by Gasteiger charge is -2.29. The van der Waals surface area contributed by atoms with E-state index in [0.29, 0.717) is 47.2 Å². The molecule has 1 atom stereocenters. The van der Waals surface area contributed by atoms with Gasteiger partial charge >= 0.3 is 0 Å². The van der Waals surface area contributed by atoms with Gasteiger partial charge in [0.2, 0.25) is 0 Å². The van der Waals surface area contributed by atoms with Crippen molar-refractivity contribution < 1.29 is 14.0 Å². The first-order valence-corrected chi connectivity index (χ1v) is 18.3. The number of hydrogen-bond donors (Lipinski definition) is 1. The van der Waals surface area contributed by atoms with E-state index in [2.05, 4.69) is 14.8 Å². The zero-order chi connectivity index (χ0) is 32.7. The molecule has 5 aromatic rings. The van der Waals surface area contributed by atoms with Gasteiger partial charge in [-0.25, -0.2) is 9.37 Å². The lowest BCUT2D eigenvalue weighted by atomic mass is 10.1. The average Bonchev–Trinajstić information content (AvgIpc) is 3.38. The molecule has 238 valence electrons. The van der Waals surface area contributed by atoms with Gasteiger partial charge in [0.15, 0.2) is 0 Å². The molecule has 7 rings (SSSR count). The van der Waals surface area contributed by atoms with Crippen molar-refractivity contribution in [2.45, 2.75) is 24.7 Å². The number of carbonyl (C=O) groups excluding carboxylic acids is 2. The molecule has 3 aromatic carbocycles. The summed E-state index contributed by atoms with van der Waals surface area (Å²) in [7, 11) is -1.86. The van der Waals surface area contributed by atoms with Gasteiger partial charge in [0.25, 0.3) is 11.8 Å². The van der Waals surface area contributed by atoms with E-state index in [-0.39, 0.29) is 17.5 Å². The molecule has 2 aliphatic rings. The van der Waals surface area contributed by atoms with Gasteiger partial charge in [-0.2, -0.15) is 0 Å². The number of para-hydroxylation sites is 3. The molecule has 1 N–H and O–H groups in total. The molecule has 11 heteroatoms. The molecule has 0 spiro atoms. The van der Waals surface area contributed by atoms with Crippen molar-refractivity contribution in [3.05, 3.63) is 123 Å². The fourth-order valence-electron chi connectivity index (χ4n) is 6.32. The molecule has 47 heavy (non-hydrogen) atoms. The van der Waals surface area contributed by atoms with Crippen molar-refractivity contribution in [2.24, 2.45) is 4.58 Å². The molecule has 0 saturated carbocycles. The Hall–Kier alpha value is -4.87. The lowest BCUT2D eigenvalue weighted by molar-refractivity contribution is 0.0981. The van der Waals surface area contributed by atoms with Crippen LogP contribution in [0.4, 0.5) is 27.3 Å². The summed E-state index contributed by atoms with van der Waals surface area (Å²) in [6, 6.07) is 27.5. The lowest BCUT2D eigenvalue weighted by Crippen LogP contribution is -2.33. The number of aryl methyl sites for hydroxylation is 1. The van der Waals surface area contributed by atoms with Crippen LogP contribution in [-0.4, -0.2) is 41.9 Å². The number of amides is 2. The molecule has 0 saturated heterocycles. The SMILES string of the molecule is Cc1cccc(F)c1NC(=O)c1cc2c(s1)-c1ccccc1N(C(=O)c1cccc(N3CCCS(C)(N=O)c4ccccc43)n1)CC2. The smallest absolute Gasteiger partial charge is 0.276 e. The Morgan fingerprint density at radius 2 is 1.72 bits per heavy atom. The number of carbonyl (C=O) groups is 2. The summed E-state index contributed by atoms with van der Waals surface area (Å²) in [5.41, 5.74) is 4.56. The largest absolute Gasteiger partial charge is 0.325 e. The van der Waals surface area contributed by atoms with Gasteiger partial charge in [-0.1, -0.05) is 58.7 Å². The Morgan fingerprint density at radius 1 is 0.957 bits per heavy atom. The van der Waals surface area contributed by atoms with E-state index >= 15 is 0 Å². The second-order valence-electron chi connectivity index (χ2n) is 11.7. The van der Waals surface area contributed by atoms with Gasteiger partial charge in [-0.05, 0) is 84.2 Å². The van der Waals surface area contributed by atoms with Crippen LogP contribution in [0.1, 0.15) is 37.7 Å². The Morgan fingerprint density at radius 3 is 2.53 bits per heavy atom. The number of nitrogens with zero attached hydrogens (tertiary/aromatic N) is 4. The number of nitrogens with one attached hydrogen (secondary N) is 1. The van der Waals surface area contributed by atoms with Crippen LogP contribution in [0.15, 0.2) is 100 Å². The standard InChI is InChI=1S/C36H32FN5O3S2/c1-23-10-7-12-26(37)33(23)39-35(43)30-22-24-18-20-42(28-14-4-3-11-25(28)34(24)46-30)36(44)27-13-8-17-32(38-27)41-19-9-21-47(2,40-45)31-16-6-5-15-29(31)41/h3-8,10-17,22H,9,18-21H2,1-2H3,(H,39,43). The Bertz CT molecular complexity index is 2030. The fourth-order valence-corrected chi connectivity index (χ4v) is 9.52. The molecule has 2 aromatic heterocycles. The zero-order valence-corrected chi connectivity index (χ0v) is 27.5. The monoisotopic (exact) mass is 665 g/mol. The number of rotatable bonds is 5. The van der Waals surface area contributed by atoms with Gasteiger partial charge in [-0.15, -0.1) is 16.2 Å². The molecule has 2 aliphatic heterocycles. The average molecular weight is 666 g/mol. The van der Waals surface area contributed by atoms with E-state index in [0.717, 1.165) is 38.7 Å². The summed E-state index contributed by atoms with van der Waals surface area (Å²) in [4.78, 5) is 50.5. The van der Waals surface area contributed by atoms with Crippen molar-refractivity contribution in [1.82, 2.24) is 4.98 Å². The summed E-state index contributed by atoms with van der Waals surface area (Å²) < 4.78 is 18.0. The van der Waals surface area contributed by atoms with Crippen molar-refractivity contribution >= 4 is 56.2 Å². The van der Waals surface area contributed by atoms with E-state index < -0.39 is 16.0 Å². The topological polar surface area (TPSA) is 95.0 Å². The van der Waals surface area contributed by atoms with Crippen molar-refractivity contribution in [3.8, 4) is 10.4 Å². The van der Waals surface area contributed by atoms with Crippen LogP contribution >= 0.6 is 21.6 Å². The minimum absolute atomic E-state index is 0.173. The van der Waals surface area contributed by atoms with Crippen LogP contribution in [0, 0.1) is 17.6 Å². The number of nitroso groups, excluding NO2 is 1. The molecule has 0 aliphatic carbocycles. The van der Waals surface area contributed by atoms with Crippen LogP contribution in [0.25, 0.3) is 10.4 Å². The number of aromatic nitrogens is 1. The molecule has 0 fully saturated rings. The fraction of sp³-hybridized carbons (Fsp3) is 0.194. The molecule has 0 bridgehead atoms. The molecule has 1 unspecified atom stereocenters. The minimum Gasteiger partial charge on any atom is -0.325 e. The van der Waals surface area contributed by atoms with Crippen LogP contribution in [-0.2, 0) is 6.42 Å². The third-order valence-electron chi connectivity index (χ3n) is 8.73. The molecular formula is C36H32FN5O3S2. The van der Waals surface area contributed by atoms with Crippen molar-refractivity contribution in [2.75, 3.05) is 40.2 Å². The molecule has 0 radical (unpaired) electrons. The van der Waals surface area contributed by atoms with E-state index in [1.165, 1.54) is 17.4 Å². The Balaban J connectivity index is 1.19. The third-order valence-corrected chi connectivity index (χ3v) is 12.6. The maximum Gasteiger partial charge on any atom is 0.276 e. The Kier molecular flexibility index (Phi) is 8.11. The maximum atomic E-state index is 14.5. The van der Waals surface area contributed by atoms with Crippen molar-refractivity contribution in [3.63, 3.8) is 0 Å². The first kappa shape index (κ1) is 30.8. The second kappa shape index (κ2) is 12.4. The minimum atomic E-state index is -1.86. The quantitative estimate of drug-likeness (QED) is 0.190. The highest BCUT2D eigenvalue weighted by atomic mass is 32.3. The van der Waals surface area contributed by atoms with Crippen LogP contribution in [0.3, 0.4) is 0 Å². The summed E-state index contributed by atoms with van der Waals surface area (Å²) in [5, 5.41) is 2.74. The number of thiophene rings is 1. The van der Waals surface area contributed by atoms with Crippen LogP contribution < -0.4 is 15.1 Å². The number of pyridine rings is 1. The first-order chi connectivity index (χ1) is 22.8. The van der Waals surface area contributed by atoms with E-state index in [1.807, 2.05) is 73.0 Å².